The van der Waals surface area contributed by atoms with Crippen LogP contribution in [-0.2, 0) is 23.8 Å². The molecule has 0 aliphatic carbocycles. The van der Waals surface area contributed by atoms with Gasteiger partial charge < -0.3 is 18.9 Å². The Morgan fingerprint density at radius 1 is 1.09 bits per heavy atom. The number of aromatic nitrogens is 2. The summed E-state index contributed by atoms with van der Waals surface area (Å²) in [7, 11) is 1.47. The van der Waals surface area contributed by atoms with Gasteiger partial charge in [0.05, 0.1) is 7.11 Å². The first-order valence-corrected chi connectivity index (χ1v) is 10.1. The van der Waals surface area contributed by atoms with Gasteiger partial charge in [-0.1, -0.05) is 0 Å². The topological polar surface area (TPSA) is 132 Å². The average Bonchev–Trinajstić information content (AvgIpc) is 3.16. The third kappa shape index (κ3) is 5.20. The van der Waals surface area contributed by atoms with E-state index in [1.165, 1.54) is 58.3 Å². The molecular formula is C22H24N2O9. The van der Waals surface area contributed by atoms with Gasteiger partial charge in [-0.3, -0.25) is 23.7 Å². The van der Waals surface area contributed by atoms with Crippen LogP contribution in [0.1, 0.15) is 42.4 Å². The van der Waals surface area contributed by atoms with E-state index in [0.29, 0.717) is 10.3 Å². The van der Waals surface area contributed by atoms with E-state index in [2.05, 4.69) is 0 Å². The van der Waals surface area contributed by atoms with Gasteiger partial charge in [-0.2, -0.15) is 4.57 Å². The fourth-order valence-electron chi connectivity index (χ4n) is 3.50. The van der Waals surface area contributed by atoms with Gasteiger partial charge >= 0.3 is 17.6 Å². The summed E-state index contributed by atoms with van der Waals surface area (Å²) in [5.74, 6) is -1.41. The molecule has 3 atom stereocenters. The lowest BCUT2D eigenvalue weighted by Gasteiger charge is -2.18. The predicted octanol–water partition coefficient (Wildman–Crippen LogP) is 0.798. The van der Waals surface area contributed by atoms with Crippen LogP contribution in [0.15, 0.2) is 40.1 Å². The SMILES string of the molecule is COc1ccc(C(=O)n2c(=O)c(C)cn([C@H]3C[C@H](OC(C)=O)[C@@H](COC(C)=O)O3)c2=O)cc1. The normalized spacial score (nSPS) is 19.7. The first kappa shape index (κ1) is 23.9. The minimum absolute atomic E-state index is 0.0553. The van der Waals surface area contributed by atoms with Crippen molar-refractivity contribution in [1.82, 2.24) is 9.13 Å². The van der Waals surface area contributed by atoms with Crippen LogP contribution >= 0.6 is 0 Å². The minimum Gasteiger partial charge on any atom is -0.497 e. The fraction of sp³-hybridized carbons (Fsp3) is 0.409. The minimum atomic E-state index is -0.961. The van der Waals surface area contributed by atoms with Crippen molar-refractivity contribution in [3.63, 3.8) is 0 Å². The highest BCUT2D eigenvalue weighted by molar-refractivity contribution is 5.95. The van der Waals surface area contributed by atoms with Gasteiger partial charge in [-0.25, -0.2) is 4.79 Å². The van der Waals surface area contributed by atoms with E-state index in [4.69, 9.17) is 18.9 Å². The monoisotopic (exact) mass is 460 g/mol. The summed E-state index contributed by atoms with van der Waals surface area (Å²) in [6.07, 6.45) is -1.24. The zero-order valence-electron chi connectivity index (χ0n) is 18.6. The van der Waals surface area contributed by atoms with Gasteiger partial charge in [0, 0.05) is 37.6 Å². The lowest BCUT2D eigenvalue weighted by Crippen LogP contribution is -2.45. The molecule has 0 N–H and O–H groups in total. The van der Waals surface area contributed by atoms with Gasteiger partial charge in [0.1, 0.15) is 30.8 Å². The van der Waals surface area contributed by atoms with Crippen LogP contribution in [-0.4, -0.2) is 52.9 Å². The van der Waals surface area contributed by atoms with Crippen LogP contribution in [0.4, 0.5) is 0 Å². The Morgan fingerprint density at radius 2 is 1.76 bits per heavy atom. The third-order valence-corrected chi connectivity index (χ3v) is 5.08. The Bertz CT molecular complexity index is 1180. The smallest absolute Gasteiger partial charge is 0.340 e. The first-order valence-electron chi connectivity index (χ1n) is 10.1. The summed E-state index contributed by atoms with van der Waals surface area (Å²) in [5.41, 5.74) is -1.42. The van der Waals surface area contributed by atoms with E-state index in [9.17, 15) is 24.0 Å². The van der Waals surface area contributed by atoms with E-state index in [1.807, 2.05) is 0 Å². The number of benzene rings is 1. The number of carbonyl (C=O) groups excluding carboxylic acids is 3. The Labute approximate surface area is 188 Å². The van der Waals surface area contributed by atoms with E-state index >= 15 is 0 Å². The molecule has 1 saturated heterocycles. The van der Waals surface area contributed by atoms with Gasteiger partial charge in [0.25, 0.3) is 11.5 Å². The second-order valence-corrected chi connectivity index (χ2v) is 7.49. The summed E-state index contributed by atoms with van der Waals surface area (Å²) in [6, 6.07) is 5.96. The Balaban J connectivity index is 1.98. The van der Waals surface area contributed by atoms with Crippen molar-refractivity contribution < 1.29 is 33.3 Å². The van der Waals surface area contributed by atoms with Crippen LogP contribution in [0.25, 0.3) is 0 Å². The molecule has 3 rings (SSSR count). The predicted molar refractivity (Wildman–Crippen MR) is 113 cm³/mol. The van der Waals surface area contributed by atoms with Gasteiger partial charge in [-0.15, -0.1) is 0 Å². The standard InChI is InChI=1S/C22H24N2O9/c1-12-10-23(19-9-17(32-14(3)26)18(33-19)11-31-13(2)25)22(29)24(20(12)27)21(28)15-5-7-16(30-4)8-6-15/h5-8,10,17-19H,9,11H2,1-4H3/t17-,18+,19+/m0/s1. The van der Waals surface area contributed by atoms with Crippen molar-refractivity contribution >= 4 is 17.8 Å². The number of aryl methyl sites for hydroxylation is 1. The average molecular weight is 460 g/mol. The number of rotatable bonds is 6. The van der Waals surface area contributed by atoms with Crippen molar-refractivity contribution in [3.05, 3.63) is 62.4 Å². The molecule has 1 aromatic heterocycles. The van der Waals surface area contributed by atoms with Crippen molar-refractivity contribution in [3.8, 4) is 5.75 Å². The number of ether oxygens (including phenoxy) is 4. The maximum atomic E-state index is 13.2. The van der Waals surface area contributed by atoms with Gasteiger partial charge in [0.2, 0.25) is 0 Å². The maximum Gasteiger partial charge on any atom is 0.340 e. The molecule has 0 unspecified atom stereocenters. The van der Waals surface area contributed by atoms with Crippen molar-refractivity contribution in [2.75, 3.05) is 13.7 Å². The molecule has 0 spiro atoms. The molecule has 11 heteroatoms. The number of methoxy groups -OCH3 is 1. The van der Waals surface area contributed by atoms with Crippen molar-refractivity contribution in [2.24, 2.45) is 0 Å². The quantitative estimate of drug-likeness (QED) is 0.574. The van der Waals surface area contributed by atoms with E-state index in [1.54, 1.807) is 0 Å². The molecule has 33 heavy (non-hydrogen) atoms. The molecule has 2 aromatic rings. The summed E-state index contributed by atoms with van der Waals surface area (Å²) in [5, 5.41) is 0. The van der Waals surface area contributed by atoms with E-state index < -0.39 is 47.5 Å². The number of hydrogen-bond donors (Lipinski definition) is 0. The molecule has 0 radical (unpaired) electrons. The Morgan fingerprint density at radius 3 is 2.33 bits per heavy atom. The molecule has 0 saturated carbocycles. The van der Waals surface area contributed by atoms with Crippen LogP contribution in [0.5, 0.6) is 5.75 Å². The first-order chi connectivity index (χ1) is 15.6. The van der Waals surface area contributed by atoms with Crippen molar-refractivity contribution in [1.29, 1.82) is 0 Å². The lowest BCUT2D eigenvalue weighted by molar-refractivity contribution is -0.155. The number of esters is 2. The molecule has 1 aliphatic heterocycles. The number of carbonyl (C=O) groups is 3. The molecule has 1 aromatic carbocycles. The van der Waals surface area contributed by atoms with Gasteiger partial charge in [-0.05, 0) is 31.2 Å². The molecule has 176 valence electrons. The van der Waals surface area contributed by atoms with Crippen LogP contribution in [0.2, 0.25) is 0 Å². The Hall–Kier alpha value is -3.73. The molecule has 1 fully saturated rings. The maximum absolute atomic E-state index is 13.2. The molecule has 0 amide bonds. The van der Waals surface area contributed by atoms with Crippen LogP contribution in [0, 0.1) is 6.92 Å². The number of nitrogens with zero attached hydrogens (tertiary/aromatic N) is 2. The van der Waals surface area contributed by atoms with E-state index in [0.717, 1.165) is 4.57 Å². The molecular weight excluding hydrogens is 436 g/mol. The second-order valence-electron chi connectivity index (χ2n) is 7.49. The fourth-order valence-corrected chi connectivity index (χ4v) is 3.50. The molecule has 1 aliphatic rings. The largest absolute Gasteiger partial charge is 0.497 e. The van der Waals surface area contributed by atoms with E-state index in [-0.39, 0.29) is 24.2 Å². The summed E-state index contributed by atoms with van der Waals surface area (Å²) in [6.45, 7) is 3.72. The lowest BCUT2D eigenvalue weighted by atomic mass is 10.2. The summed E-state index contributed by atoms with van der Waals surface area (Å²) in [4.78, 5) is 61.5. The molecule has 11 nitrogen and oxygen atoms in total. The highest BCUT2D eigenvalue weighted by atomic mass is 16.6. The highest BCUT2D eigenvalue weighted by Crippen LogP contribution is 2.30. The van der Waals surface area contributed by atoms with Crippen LogP contribution < -0.4 is 16.0 Å². The third-order valence-electron chi connectivity index (χ3n) is 5.08. The molecule has 2 heterocycles. The van der Waals surface area contributed by atoms with Gasteiger partial charge in [0.15, 0.2) is 0 Å². The highest BCUT2D eigenvalue weighted by Gasteiger charge is 2.40. The number of hydrogen-bond acceptors (Lipinski definition) is 9. The summed E-state index contributed by atoms with van der Waals surface area (Å²) >= 11 is 0. The van der Waals surface area contributed by atoms with Crippen LogP contribution in [0.3, 0.4) is 0 Å². The Kier molecular flexibility index (Phi) is 7.12. The second kappa shape index (κ2) is 9.82. The zero-order valence-corrected chi connectivity index (χ0v) is 18.6. The van der Waals surface area contributed by atoms with Crippen molar-refractivity contribution in [2.45, 2.75) is 45.6 Å². The zero-order chi connectivity index (χ0) is 24.3. The summed E-state index contributed by atoms with van der Waals surface area (Å²) < 4.78 is 22.7. The molecule has 0 bridgehead atoms.